The lowest BCUT2D eigenvalue weighted by molar-refractivity contribution is -0.144. The first-order valence-electron chi connectivity index (χ1n) is 6.97. The van der Waals surface area contributed by atoms with Crippen LogP contribution in [-0.4, -0.2) is 39.9 Å². The van der Waals surface area contributed by atoms with Gasteiger partial charge in [-0.2, -0.15) is 4.98 Å². The Morgan fingerprint density at radius 2 is 2.13 bits per heavy atom. The lowest BCUT2D eigenvalue weighted by Crippen LogP contribution is -2.44. The highest BCUT2D eigenvalue weighted by Crippen LogP contribution is 2.14. The van der Waals surface area contributed by atoms with Crippen molar-refractivity contribution in [2.75, 3.05) is 6.61 Å². The fourth-order valence-electron chi connectivity index (χ4n) is 1.63. The minimum Gasteiger partial charge on any atom is -0.464 e. The predicted octanol–water partition coefficient (Wildman–Crippen LogP) is 0.784. The van der Waals surface area contributed by atoms with E-state index in [1.54, 1.807) is 19.9 Å². The topological polar surface area (TPSA) is 132 Å². The van der Waals surface area contributed by atoms with Gasteiger partial charge in [0.05, 0.1) is 13.2 Å². The number of aromatic nitrogens is 3. The van der Waals surface area contributed by atoms with E-state index in [-0.39, 0.29) is 24.9 Å². The zero-order valence-corrected chi connectivity index (χ0v) is 13.0. The van der Waals surface area contributed by atoms with Crippen LogP contribution in [0, 0.1) is 6.92 Å². The maximum absolute atomic E-state index is 11.7. The molecule has 2 heterocycles. The second-order valence-electron chi connectivity index (χ2n) is 4.64. The van der Waals surface area contributed by atoms with Gasteiger partial charge in [-0.3, -0.25) is 0 Å². The first-order chi connectivity index (χ1) is 11.0. The third-order valence-electron chi connectivity index (χ3n) is 2.71. The van der Waals surface area contributed by atoms with Crippen molar-refractivity contribution < 1.29 is 23.4 Å². The molecule has 0 aliphatic carbocycles. The molecule has 0 aliphatic rings. The number of carbonyl (C=O) groups excluding carboxylic acids is 2. The quantitative estimate of drug-likeness (QED) is 0.745. The number of carbonyl (C=O) groups is 2. The van der Waals surface area contributed by atoms with Gasteiger partial charge in [-0.25, -0.2) is 9.59 Å². The highest BCUT2D eigenvalue weighted by atomic mass is 16.5. The summed E-state index contributed by atoms with van der Waals surface area (Å²) in [5.74, 6) is 0.569. The Balaban J connectivity index is 1.83. The van der Waals surface area contributed by atoms with E-state index in [2.05, 4.69) is 25.9 Å². The van der Waals surface area contributed by atoms with Crippen molar-refractivity contribution >= 4 is 12.0 Å². The van der Waals surface area contributed by atoms with Crippen molar-refractivity contribution in [1.82, 2.24) is 25.9 Å². The standard InChI is InChI=1S/C13H17N5O5/c1-4-21-12(19)8(3)15-13(20)14-6-10-16-11(18-23-10)9-5-7(2)22-17-9/h5,8H,4,6H2,1-3H3,(H2,14,15,20). The molecule has 23 heavy (non-hydrogen) atoms. The number of rotatable bonds is 6. The van der Waals surface area contributed by atoms with Crippen molar-refractivity contribution in [2.24, 2.45) is 0 Å². The van der Waals surface area contributed by atoms with Gasteiger partial charge in [-0.15, -0.1) is 0 Å². The Hall–Kier alpha value is -2.91. The molecule has 0 saturated heterocycles. The Morgan fingerprint density at radius 3 is 2.78 bits per heavy atom. The zero-order chi connectivity index (χ0) is 16.8. The summed E-state index contributed by atoms with van der Waals surface area (Å²) in [6, 6.07) is 0.351. The molecule has 2 amide bonds. The molecule has 0 spiro atoms. The highest BCUT2D eigenvalue weighted by molar-refractivity contribution is 5.83. The van der Waals surface area contributed by atoms with Crippen molar-refractivity contribution in [3.63, 3.8) is 0 Å². The Kier molecular flexibility index (Phi) is 5.28. The number of ether oxygens (including phenoxy) is 1. The molecular weight excluding hydrogens is 306 g/mol. The molecule has 124 valence electrons. The van der Waals surface area contributed by atoms with Crippen molar-refractivity contribution in [3.8, 4) is 11.5 Å². The molecule has 1 atom stereocenters. The van der Waals surface area contributed by atoms with Gasteiger partial charge < -0.3 is 24.4 Å². The smallest absolute Gasteiger partial charge is 0.328 e. The maximum atomic E-state index is 11.7. The van der Waals surface area contributed by atoms with E-state index in [1.807, 2.05) is 0 Å². The van der Waals surface area contributed by atoms with E-state index in [0.29, 0.717) is 11.5 Å². The van der Waals surface area contributed by atoms with Crippen LogP contribution in [0.1, 0.15) is 25.5 Å². The Labute approximate surface area is 131 Å². The molecule has 2 N–H and O–H groups in total. The van der Waals surface area contributed by atoms with Crippen LogP contribution < -0.4 is 10.6 Å². The number of esters is 1. The van der Waals surface area contributed by atoms with Crippen LogP contribution in [0.25, 0.3) is 11.5 Å². The monoisotopic (exact) mass is 323 g/mol. The molecule has 2 aromatic rings. The van der Waals surface area contributed by atoms with Crippen LogP contribution in [0.2, 0.25) is 0 Å². The van der Waals surface area contributed by atoms with Crippen molar-refractivity contribution in [3.05, 3.63) is 17.7 Å². The average molecular weight is 323 g/mol. The summed E-state index contributed by atoms with van der Waals surface area (Å²) in [6.07, 6.45) is 0. The maximum Gasteiger partial charge on any atom is 0.328 e. The van der Waals surface area contributed by atoms with Crippen LogP contribution in [-0.2, 0) is 16.1 Å². The van der Waals surface area contributed by atoms with Gasteiger partial charge in [0.2, 0.25) is 11.7 Å². The summed E-state index contributed by atoms with van der Waals surface area (Å²) < 4.78 is 14.7. The number of nitrogens with zero attached hydrogens (tertiary/aromatic N) is 3. The fourth-order valence-corrected chi connectivity index (χ4v) is 1.63. The van der Waals surface area contributed by atoms with Crippen molar-refractivity contribution in [1.29, 1.82) is 0 Å². The third-order valence-corrected chi connectivity index (χ3v) is 2.71. The van der Waals surface area contributed by atoms with E-state index in [1.165, 1.54) is 6.92 Å². The zero-order valence-electron chi connectivity index (χ0n) is 13.0. The number of amides is 2. The van der Waals surface area contributed by atoms with Gasteiger partial charge in [0.15, 0.2) is 5.69 Å². The summed E-state index contributed by atoms with van der Waals surface area (Å²) in [5.41, 5.74) is 0.442. The number of hydrogen-bond donors (Lipinski definition) is 2. The van der Waals surface area contributed by atoms with Gasteiger partial charge in [-0.05, 0) is 20.8 Å². The molecule has 0 fully saturated rings. The molecule has 2 rings (SSSR count). The summed E-state index contributed by atoms with van der Waals surface area (Å²) in [7, 11) is 0. The Morgan fingerprint density at radius 1 is 1.35 bits per heavy atom. The first kappa shape index (κ1) is 16.5. The largest absolute Gasteiger partial charge is 0.464 e. The van der Waals surface area contributed by atoms with Crippen LogP contribution in [0.4, 0.5) is 4.79 Å². The molecule has 2 aromatic heterocycles. The fraction of sp³-hybridized carbons (Fsp3) is 0.462. The molecular formula is C13H17N5O5. The molecule has 0 radical (unpaired) electrons. The Bertz CT molecular complexity index is 680. The summed E-state index contributed by atoms with van der Waals surface area (Å²) in [6.45, 7) is 5.21. The molecule has 10 heteroatoms. The van der Waals surface area contributed by atoms with E-state index in [0.717, 1.165) is 0 Å². The van der Waals surface area contributed by atoms with Crippen LogP contribution in [0.15, 0.2) is 15.1 Å². The lowest BCUT2D eigenvalue weighted by Gasteiger charge is -2.12. The molecule has 0 saturated carbocycles. The minimum atomic E-state index is -0.758. The number of aryl methyl sites for hydroxylation is 1. The van der Waals surface area contributed by atoms with Gasteiger partial charge in [-0.1, -0.05) is 10.3 Å². The van der Waals surface area contributed by atoms with Gasteiger partial charge in [0.1, 0.15) is 11.8 Å². The summed E-state index contributed by atoms with van der Waals surface area (Å²) in [4.78, 5) is 27.1. The highest BCUT2D eigenvalue weighted by Gasteiger charge is 2.17. The number of urea groups is 1. The molecule has 1 unspecified atom stereocenters. The van der Waals surface area contributed by atoms with Crippen LogP contribution >= 0.6 is 0 Å². The molecule has 0 bridgehead atoms. The normalized spacial score (nSPS) is 11.8. The molecule has 0 aromatic carbocycles. The first-order valence-corrected chi connectivity index (χ1v) is 6.97. The second-order valence-corrected chi connectivity index (χ2v) is 4.64. The van der Waals surface area contributed by atoms with E-state index in [9.17, 15) is 9.59 Å². The van der Waals surface area contributed by atoms with Crippen LogP contribution in [0.3, 0.4) is 0 Å². The number of nitrogens with one attached hydrogen (secondary N) is 2. The van der Waals surface area contributed by atoms with Gasteiger partial charge >= 0.3 is 12.0 Å². The SMILES string of the molecule is CCOC(=O)C(C)NC(=O)NCc1nc(-c2cc(C)on2)no1. The van der Waals surface area contributed by atoms with E-state index < -0.39 is 18.0 Å². The van der Waals surface area contributed by atoms with E-state index >= 15 is 0 Å². The summed E-state index contributed by atoms with van der Waals surface area (Å²) >= 11 is 0. The number of hydrogen-bond acceptors (Lipinski definition) is 8. The van der Waals surface area contributed by atoms with Gasteiger partial charge in [0, 0.05) is 6.07 Å². The molecule has 10 nitrogen and oxygen atoms in total. The molecule has 0 aliphatic heterocycles. The third kappa shape index (κ3) is 4.53. The average Bonchev–Trinajstić information content (AvgIpc) is 3.14. The predicted molar refractivity (Wildman–Crippen MR) is 76.0 cm³/mol. The lowest BCUT2D eigenvalue weighted by atomic mass is 10.3. The van der Waals surface area contributed by atoms with E-state index in [4.69, 9.17) is 13.8 Å². The minimum absolute atomic E-state index is 0.00517. The summed E-state index contributed by atoms with van der Waals surface area (Å²) in [5, 5.41) is 12.4. The van der Waals surface area contributed by atoms with Crippen LogP contribution in [0.5, 0.6) is 0 Å². The van der Waals surface area contributed by atoms with Gasteiger partial charge in [0.25, 0.3) is 0 Å². The second kappa shape index (κ2) is 7.38. The van der Waals surface area contributed by atoms with Crippen molar-refractivity contribution in [2.45, 2.75) is 33.4 Å².